The molecule has 3 heterocycles. The van der Waals surface area contributed by atoms with Crippen molar-refractivity contribution < 1.29 is 23.5 Å². The van der Waals surface area contributed by atoms with E-state index in [2.05, 4.69) is 10.3 Å². The number of ether oxygens (including phenoxy) is 2. The van der Waals surface area contributed by atoms with Gasteiger partial charge in [0, 0.05) is 30.8 Å². The second-order valence-electron chi connectivity index (χ2n) is 6.40. The summed E-state index contributed by atoms with van der Waals surface area (Å²) in [6, 6.07) is 8.88. The van der Waals surface area contributed by atoms with Crippen LogP contribution in [0.5, 0.6) is 0 Å². The number of rotatable bonds is 3. The number of carbonyl (C=O) groups is 2. The summed E-state index contributed by atoms with van der Waals surface area (Å²) in [5.41, 5.74) is 0.442. The largest absolute Gasteiger partial charge is 0.422 e. The zero-order valence-corrected chi connectivity index (χ0v) is 15.7. The fourth-order valence-electron chi connectivity index (χ4n) is 2.62. The topological polar surface area (TPSA) is 108 Å². The van der Waals surface area contributed by atoms with Crippen LogP contribution in [0, 0.1) is 0 Å². The maximum absolute atomic E-state index is 12.2. The number of benzene rings is 1. The second kappa shape index (κ2) is 6.61. The van der Waals surface area contributed by atoms with E-state index in [-0.39, 0.29) is 5.57 Å². The van der Waals surface area contributed by atoms with E-state index in [4.69, 9.17) is 13.9 Å². The second-order valence-corrected chi connectivity index (χ2v) is 7.26. The van der Waals surface area contributed by atoms with Gasteiger partial charge in [-0.2, -0.15) is 0 Å². The lowest BCUT2D eigenvalue weighted by Gasteiger charge is -2.29. The highest BCUT2D eigenvalue weighted by Crippen LogP contribution is 2.26. The molecule has 0 radical (unpaired) electrons. The molecule has 9 heteroatoms. The average Bonchev–Trinajstić information content (AvgIpc) is 3.08. The minimum Gasteiger partial charge on any atom is -0.422 e. The van der Waals surface area contributed by atoms with Crippen molar-refractivity contribution in [3.63, 3.8) is 0 Å². The molecule has 8 nitrogen and oxygen atoms in total. The number of anilines is 1. The van der Waals surface area contributed by atoms with Gasteiger partial charge in [-0.05, 0) is 12.1 Å². The fourth-order valence-corrected chi connectivity index (χ4v) is 3.30. The SMILES string of the molecule is CC1(C)OC(=O)C(=CNc2nc(-c3cc4ccccc4oc3=O)cs2)C(=O)O1. The Labute approximate surface area is 162 Å². The van der Waals surface area contributed by atoms with E-state index in [1.165, 1.54) is 31.4 Å². The third-order valence-corrected chi connectivity index (χ3v) is 4.65. The lowest BCUT2D eigenvalue weighted by molar-refractivity contribution is -0.222. The number of cyclic esters (lactones) is 2. The average molecular weight is 398 g/mol. The van der Waals surface area contributed by atoms with Crippen LogP contribution in [0.2, 0.25) is 0 Å². The van der Waals surface area contributed by atoms with Crippen molar-refractivity contribution in [2.45, 2.75) is 19.6 Å². The van der Waals surface area contributed by atoms with E-state index in [1.54, 1.807) is 23.6 Å². The normalized spacial score (nSPS) is 15.9. The van der Waals surface area contributed by atoms with Gasteiger partial charge in [0.05, 0.1) is 11.3 Å². The maximum atomic E-state index is 12.2. The van der Waals surface area contributed by atoms with Crippen LogP contribution in [-0.2, 0) is 19.1 Å². The van der Waals surface area contributed by atoms with Crippen molar-refractivity contribution in [1.29, 1.82) is 0 Å². The lowest BCUT2D eigenvalue weighted by Crippen LogP contribution is -2.42. The summed E-state index contributed by atoms with van der Waals surface area (Å²) in [7, 11) is 0. The molecule has 0 unspecified atom stereocenters. The molecule has 1 aliphatic heterocycles. The first kappa shape index (κ1) is 17.9. The van der Waals surface area contributed by atoms with Crippen LogP contribution in [0.1, 0.15) is 13.8 Å². The van der Waals surface area contributed by atoms with Gasteiger partial charge in [-0.25, -0.2) is 19.4 Å². The third kappa shape index (κ3) is 3.39. The Morgan fingerprint density at radius 2 is 1.82 bits per heavy atom. The first-order chi connectivity index (χ1) is 13.3. The Morgan fingerprint density at radius 3 is 2.57 bits per heavy atom. The van der Waals surface area contributed by atoms with Gasteiger partial charge < -0.3 is 19.2 Å². The van der Waals surface area contributed by atoms with E-state index in [0.717, 1.165) is 5.39 Å². The Bertz CT molecular complexity index is 1170. The zero-order valence-electron chi connectivity index (χ0n) is 14.8. The van der Waals surface area contributed by atoms with Gasteiger partial charge in [-0.1, -0.05) is 18.2 Å². The molecular formula is C19H14N2O6S. The molecule has 1 aromatic carbocycles. The van der Waals surface area contributed by atoms with Crippen molar-refractivity contribution in [1.82, 2.24) is 4.98 Å². The maximum Gasteiger partial charge on any atom is 0.350 e. The van der Waals surface area contributed by atoms with Crippen LogP contribution in [0.25, 0.3) is 22.2 Å². The smallest absolute Gasteiger partial charge is 0.350 e. The Balaban J connectivity index is 1.59. The lowest BCUT2D eigenvalue weighted by atomic mass is 10.1. The number of esters is 2. The van der Waals surface area contributed by atoms with Gasteiger partial charge in [0.2, 0.25) is 0 Å². The first-order valence-electron chi connectivity index (χ1n) is 8.24. The zero-order chi connectivity index (χ0) is 19.9. The van der Waals surface area contributed by atoms with Crippen LogP contribution < -0.4 is 10.9 Å². The number of nitrogens with zero attached hydrogens (tertiary/aromatic N) is 1. The number of nitrogens with one attached hydrogen (secondary N) is 1. The van der Waals surface area contributed by atoms with E-state index in [1.807, 2.05) is 12.1 Å². The summed E-state index contributed by atoms with van der Waals surface area (Å²) in [4.78, 5) is 40.4. The van der Waals surface area contributed by atoms with Gasteiger partial charge >= 0.3 is 17.6 Å². The summed E-state index contributed by atoms with van der Waals surface area (Å²) >= 11 is 1.20. The molecule has 28 heavy (non-hydrogen) atoms. The standard InChI is InChI=1S/C19H14N2O6S/c1-19(2)26-16(23)12(17(24)27-19)8-20-18-21-13(9-28-18)11-7-10-5-3-4-6-14(10)25-15(11)22/h3-9H,1-2H3,(H,20,21). The van der Waals surface area contributed by atoms with Gasteiger partial charge in [-0.15, -0.1) is 11.3 Å². The van der Waals surface area contributed by atoms with E-state index < -0.39 is 23.4 Å². The monoisotopic (exact) mass is 398 g/mol. The number of fused-ring (bicyclic) bond motifs is 1. The minimum absolute atomic E-state index is 0.277. The fraction of sp³-hybridized carbons (Fsp3) is 0.158. The molecule has 0 saturated carbocycles. The molecule has 1 aliphatic rings. The number of carbonyl (C=O) groups excluding carboxylic acids is 2. The molecule has 1 saturated heterocycles. The van der Waals surface area contributed by atoms with Gasteiger partial charge in [0.1, 0.15) is 5.58 Å². The Kier molecular flexibility index (Phi) is 4.23. The first-order valence-corrected chi connectivity index (χ1v) is 9.12. The molecule has 0 atom stereocenters. The van der Waals surface area contributed by atoms with Crippen molar-refractivity contribution in [3.8, 4) is 11.3 Å². The summed E-state index contributed by atoms with van der Waals surface area (Å²) in [6.45, 7) is 2.93. The molecule has 2 aromatic heterocycles. The summed E-state index contributed by atoms with van der Waals surface area (Å²) in [6.07, 6.45) is 1.17. The van der Waals surface area contributed by atoms with Crippen LogP contribution in [0.15, 0.2) is 56.7 Å². The van der Waals surface area contributed by atoms with E-state index in [9.17, 15) is 14.4 Å². The molecular weight excluding hydrogens is 384 g/mol. The van der Waals surface area contributed by atoms with Crippen molar-refractivity contribution in [2.24, 2.45) is 0 Å². The molecule has 142 valence electrons. The quantitative estimate of drug-likeness (QED) is 0.310. The summed E-state index contributed by atoms with van der Waals surface area (Å²) in [5, 5.41) is 5.58. The molecule has 0 aliphatic carbocycles. The minimum atomic E-state index is -1.30. The van der Waals surface area contributed by atoms with Crippen molar-refractivity contribution in [3.05, 3.63) is 57.9 Å². The Hall–Kier alpha value is -3.46. The highest BCUT2D eigenvalue weighted by atomic mass is 32.1. The predicted molar refractivity (Wildman–Crippen MR) is 102 cm³/mol. The number of aromatic nitrogens is 1. The molecule has 0 amide bonds. The van der Waals surface area contributed by atoms with E-state index in [0.29, 0.717) is 22.0 Å². The van der Waals surface area contributed by atoms with Crippen LogP contribution >= 0.6 is 11.3 Å². The van der Waals surface area contributed by atoms with Crippen LogP contribution in [0.4, 0.5) is 5.13 Å². The molecule has 1 fully saturated rings. The number of thiazole rings is 1. The van der Waals surface area contributed by atoms with Crippen molar-refractivity contribution in [2.75, 3.05) is 5.32 Å². The number of hydrogen-bond acceptors (Lipinski definition) is 9. The number of hydrogen-bond donors (Lipinski definition) is 1. The molecule has 0 bridgehead atoms. The number of para-hydroxylation sites is 1. The van der Waals surface area contributed by atoms with Gasteiger partial charge in [0.15, 0.2) is 10.7 Å². The van der Waals surface area contributed by atoms with E-state index >= 15 is 0 Å². The van der Waals surface area contributed by atoms with Crippen molar-refractivity contribution >= 4 is 39.4 Å². The predicted octanol–water partition coefficient (Wildman–Crippen LogP) is 3.05. The molecule has 0 spiro atoms. The van der Waals surface area contributed by atoms with Gasteiger partial charge in [0.25, 0.3) is 5.79 Å². The highest BCUT2D eigenvalue weighted by Gasteiger charge is 2.39. The molecule has 4 rings (SSSR count). The Morgan fingerprint density at radius 1 is 1.11 bits per heavy atom. The van der Waals surface area contributed by atoms with Gasteiger partial charge in [-0.3, -0.25) is 0 Å². The summed E-state index contributed by atoms with van der Waals surface area (Å²) < 4.78 is 15.3. The van der Waals surface area contributed by atoms with Crippen LogP contribution in [-0.4, -0.2) is 22.7 Å². The summed E-state index contributed by atoms with van der Waals surface area (Å²) in [5.74, 6) is -2.88. The molecule has 3 aromatic rings. The van der Waals surface area contributed by atoms with Crippen LogP contribution in [0.3, 0.4) is 0 Å². The highest BCUT2D eigenvalue weighted by molar-refractivity contribution is 7.14. The molecule has 1 N–H and O–H groups in total. The third-order valence-electron chi connectivity index (χ3n) is 3.88.